The average molecular weight is 595 g/mol. The van der Waals surface area contributed by atoms with Crippen LogP contribution in [-0.4, -0.2) is 44.4 Å². The molecule has 1 fully saturated rings. The van der Waals surface area contributed by atoms with Gasteiger partial charge in [-0.3, -0.25) is 14.3 Å². The van der Waals surface area contributed by atoms with Gasteiger partial charge < -0.3 is 4.90 Å². The molecule has 9 heteroatoms. The zero-order valence-corrected chi connectivity index (χ0v) is 25.6. The van der Waals surface area contributed by atoms with Crippen molar-refractivity contribution in [1.29, 1.82) is 0 Å². The maximum Gasteiger partial charge on any atom is 0.312 e. The first kappa shape index (κ1) is 30.3. The van der Waals surface area contributed by atoms with Gasteiger partial charge in [-0.25, -0.2) is 4.98 Å². The number of aryl methyl sites for hydroxylation is 2. The summed E-state index contributed by atoms with van der Waals surface area (Å²) >= 11 is 1.53. The molecule has 2 atom stereocenters. The van der Waals surface area contributed by atoms with Gasteiger partial charge in [-0.1, -0.05) is 37.8 Å². The Kier molecular flexibility index (Phi) is 9.06. The highest BCUT2D eigenvalue weighted by molar-refractivity contribution is 7.09. The Bertz CT molecular complexity index is 1450. The van der Waals surface area contributed by atoms with Crippen LogP contribution in [0.2, 0.25) is 0 Å². The molecule has 2 unspecified atom stereocenters. The van der Waals surface area contributed by atoms with Gasteiger partial charge in [-0.15, -0.1) is 11.3 Å². The quantitative estimate of drug-likeness (QED) is 0.181. The molecule has 0 saturated carbocycles. The van der Waals surface area contributed by atoms with Crippen molar-refractivity contribution in [3.63, 3.8) is 0 Å². The van der Waals surface area contributed by atoms with Crippen molar-refractivity contribution in [3.8, 4) is 0 Å². The van der Waals surface area contributed by atoms with E-state index in [1.54, 1.807) is 11.8 Å². The number of piperidine rings is 1. The topological polar surface area (TPSA) is 68.1 Å². The van der Waals surface area contributed by atoms with Crippen molar-refractivity contribution < 1.29 is 18.4 Å². The van der Waals surface area contributed by atoms with Crippen LogP contribution >= 0.6 is 11.3 Å². The Balaban J connectivity index is 1.11. The summed E-state index contributed by atoms with van der Waals surface area (Å²) in [5.41, 5.74) is 3.30. The van der Waals surface area contributed by atoms with Crippen molar-refractivity contribution in [3.05, 3.63) is 81.1 Å². The van der Waals surface area contributed by atoms with Crippen LogP contribution in [0.3, 0.4) is 0 Å². The summed E-state index contributed by atoms with van der Waals surface area (Å²) in [6.07, 6.45) is 6.40. The van der Waals surface area contributed by atoms with Gasteiger partial charge in [0.25, 0.3) is 0 Å². The molecule has 1 amide bonds. The molecule has 2 aliphatic rings. The number of hydrogen-bond donors (Lipinski definition) is 0. The van der Waals surface area contributed by atoms with E-state index in [2.05, 4.69) is 42.9 Å². The number of likely N-dealkylation sites (tertiary alicyclic amines) is 1. The molecule has 0 spiro atoms. The third-order valence-electron chi connectivity index (χ3n) is 9.06. The Morgan fingerprint density at radius 1 is 1.19 bits per heavy atom. The van der Waals surface area contributed by atoms with Gasteiger partial charge in [0.05, 0.1) is 5.01 Å². The lowest BCUT2D eigenvalue weighted by Crippen LogP contribution is -2.40. The third kappa shape index (κ3) is 6.41. The predicted molar refractivity (Wildman–Crippen MR) is 161 cm³/mol. The molecular formula is C33H40F2N4O2S. The molecule has 3 aromatic rings. The van der Waals surface area contributed by atoms with Gasteiger partial charge in [-0.2, -0.15) is 13.9 Å². The summed E-state index contributed by atoms with van der Waals surface area (Å²) in [7, 11) is 0. The van der Waals surface area contributed by atoms with Gasteiger partial charge in [0, 0.05) is 36.5 Å². The van der Waals surface area contributed by atoms with E-state index in [4.69, 9.17) is 4.98 Å². The van der Waals surface area contributed by atoms with Gasteiger partial charge in [-0.05, 0) is 87.0 Å². The number of benzene rings is 1. The first-order valence-electron chi connectivity index (χ1n) is 15.0. The summed E-state index contributed by atoms with van der Waals surface area (Å²) in [6, 6.07) is 10.0. The van der Waals surface area contributed by atoms with E-state index in [1.807, 2.05) is 5.38 Å². The van der Waals surface area contributed by atoms with Gasteiger partial charge in [0.2, 0.25) is 5.91 Å². The fourth-order valence-electron chi connectivity index (χ4n) is 6.32. The van der Waals surface area contributed by atoms with Crippen LogP contribution in [0.25, 0.3) is 0 Å². The smallest absolute Gasteiger partial charge is 0.312 e. The number of carbonyl (C=O) groups is 2. The molecule has 1 aliphatic heterocycles. The van der Waals surface area contributed by atoms with Crippen molar-refractivity contribution >= 4 is 23.0 Å². The highest BCUT2D eigenvalue weighted by Crippen LogP contribution is 2.39. The molecule has 6 nitrogen and oxygen atoms in total. The Labute approximate surface area is 250 Å². The number of allylic oxidation sites excluding steroid dienone is 1. The maximum absolute atomic E-state index is 14.3. The number of halogens is 2. The molecule has 42 heavy (non-hydrogen) atoms. The summed E-state index contributed by atoms with van der Waals surface area (Å²) < 4.78 is 30.0. The van der Waals surface area contributed by atoms with Crippen LogP contribution in [0.4, 0.5) is 8.78 Å². The largest absolute Gasteiger partial charge is 0.341 e. The second-order valence-electron chi connectivity index (χ2n) is 12.0. The van der Waals surface area contributed by atoms with Crippen molar-refractivity contribution in [1.82, 2.24) is 19.7 Å². The number of thiazole rings is 1. The van der Waals surface area contributed by atoms with E-state index in [9.17, 15) is 18.4 Å². The van der Waals surface area contributed by atoms with Gasteiger partial charge in [0.15, 0.2) is 5.78 Å². The molecular weight excluding hydrogens is 554 g/mol. The molecule has 1 aliphatic carbocycles. The van der Waals surface area contributed by atoms with Crippen LogP contribution in [0.1, 0.15) is 102 Å². The molecule has 2 aromatic heterocycles. The molecule has 224 valence electrons. The summed E-state index contributed by atoms with van der Waals surface area (Å²) in [5.74, 6) is -2.12. The summed E-state index contributed by atoms with van der Waals surface area (Å²) in [5, 5.41) is 6.84. The minimum Gasteiger partial charge on any atom is -0.341 e. The first-order chi connectivity index (χ1) is 20.0. The number of amides is 1. The van der Waals surface area contributed by atoms with Crippen molar-refractivity contribution in [2.75, 3.05) is 13.1 Å². The second-order valence-corrected chi connectivity index (χ2v) is 12.9. The van der Waals surface area contributed by atoms with Crippen LogP contribution in [-0.2, 0) is 23.7 Å². The molecule has 5 rings (SSSR count). The number of ketones is 1. The molecule has 0 radical (unpaired) electrons. The number of carbonyl (C=O) groups excluding carboxylic acids is 2. The van der Waals surface area contributed by atoms with Crippen molar-refractivity contribution in [2.45, 2.75) is 90.0 Å². The number of hydrogen-bond acceptors (Lipinski definition) is 5. The van der Waals surface area contributed by atoms with E-state index < -0.39 is 5.92 Å². The normalized spacial score (nSPS) is 18.5. The zero-order valence-electron chi connectivity index (χ0n) is 24.7. The minimum absolute atomic E-state index is 0.0798. The van der Waals surface area contributed by atoms with Gasteiger partial charge in [0.1, 0.15) is 17.9 Å². The standard InChI is InChI=1S/C33H40F2N4O2S/c1-21(2)33(34,35)30-18-23(4)39(37-30)19-31(41)38-16-14-25(15-17-38)32-36-28(20-42-32)29(40)13-12-22(3)26-11-7-9-24-8-5-6-10-27(24)26/h5-6,8,10,18,20,22,25-26H,1,7,9,11-17,19H2,2-4H3. The number of aromatic nitrogens is 3. The maximum atomic E-state index is 14.3. The molecule has 3 heterocycles. The Morgan fingerprint density at radius 3 is 2.67 bits per heavy atom. The van der Waals surface area contributed by atoms with Crippen LogP contribution in [0, 0.1) is 12.8 Å². The lowest BCUT2D eigenvalue weighted by atomic mass is 9.75. The molecule has 0 bridgehead atoms. The predicted octanol–water partition coefficient (Wildman–Crippen LogP) is 7.44. The lowest BCUT2D eigenvalue weighted by molar-refractivity contribution is -0.133. The van der Waals surface area contributed by atoms with E-state index in [1.165, 1.54) is 53.0 Å². The van der Waals surface area contributed by atoms with Crippen LogP contribution in [0.15, 0.2) is 47.9 Å². The molecule has 1 aromatic carbocycles. The second kappa shape index (κ2) is 12.6. The van der Waals surface area contributed by atoms with Gasteiger partial charge >= 0.3 is 5.92 Å². The van der Waals surface area contributed by atoms with E-state index in [0.29, 0.717) is 42.7 Å². The van der Waals surface area contributed by atoms with Crippen LogP contribution < -0.4 is 0 Å². The van der Waals surface area contributed by atoms with Crippen molar-refractivity contribution in [2.24, 2.45) is 5.92 Å². The minimum atomic E-state index is -3.23. The average Bonchev–Trinajstić information content (AvgIpc) is 3.63. The third-order valence-corrected chi connectivity index (χ3v) is 10.1. The Hall–Kier alpha value is -3.20. The monoisotopic (exact) mass is 594 g/mol. The summed E-state index contributed by atoms with van der Waals surface area (Å²) in [4.78, 5) is 32.5. The fourth-order valence-corrected chi connectivity index (χ4v) is 7.32. The molecule has 1 saturated heterocycles. The fraction of sp³-hybridized carbons (Fsp3) is 0.515. The number of fused-ring (bicyclic) bond motifs is 1. The SMILES string of the molecule is C=C(C)C(F)(F)c1cc(C)n(CC(=O)N2CCC(c3nc(C(=O)CCC(C)C4CCCc5ccccc54)cs3)CC2)n1. The van der Waals surface area contributed by atoms with E-state index in [0.717, 1.165) is 30.7 Å². The zero-order chi connectivity index (χ0) is 30.0. The highest BCUT2D eigenvalue weighted by atomic mass is 32.1. The van der Waals surface area contributed by atoms with E-state index >= 15 is 0 Å². The lowest BCUT2D eigenvalue weighted by Gasteiger charge is -2.31. The number of rotatable bonds is 10. The Morgan fingerprint density at radius 2 is 1.93 bits per heavy atom. The number of alkyl halides is 2. The summed E-state index contributed by atoms with van der Waals surface area (Å²) in [6.45, 7) is 9.60. The molecule has 0 N–H and O–H groups in total. The number of Topliss-reactive ketones (excluding diaryl/α,β-unsaturated/α-hetero) is 1. The van der Waals surface area contributed by atoms with Crippen LogP contribution in [0.5, 0.6) is 0 Å². The number of nitrogens with zero attached hydrogens (tertiary/aromatic N) is 4. The first-order valence-corrected chi connectivity index (χ1v) is 15.9. The van der Waals surface area contributed by atoms with E-state index in [-0.39, 0.29) is 35.4 Å². The highest BCUT2D eigenvalue weighted by Gasteiger charge is 2.36.